The maximum Gasteiger partial charge on any atom is 0.465 e. The molecule has 1 aliphatic carbocycles. The van der Waals surface area contributed by atoms with Crippen LogP contribution in [0.15, 0.2) is 0 Å². The topological polar surface area (TPSA) is 124 Å². The van der Waals surface area contributed by atoms with Crippen molar-refractivity contribution in [1.29, 1.82) is 0 Å². The molecule has 2 bridgehead atoms. The van der Waals surface area contributed by atoms with Crippen LogP contribution >= 0.6 is 0 Å². The van der Waals surface area contributed by atoms with E-state index in [9.17, 15) is 30.4 Å². The van der Waals surface area contributed by atoms with Gasteiger partial charge in [-0.25, -0.2) is 8.98 Å². The molecule has 8 nitrogen and oxygen atoms in total. The van der Waals surface area contributed by atoms with Crippen LogP contribution in [-0.2, 0) is 34.0 Å². The van der Waals surface area contributed by atoms with E-state index >= 15 is 0 Å². The first kappa shape index (κ1) is 16.5. The number of hydrogen-bond acceptors (Lipinski definition) is 7. The standard InChI is InChI=1S/C9H12F2O8S2/c1-4-2-5-3-6(4)20(13,14)19-7(5)18-8(12)9(10,11)21(15,16)17/h4-7H,2-3H2,1H3,(H,15,16,17). The molecule has 0 aromatic rings. The molecule has 0 amide bonds. The molecule has 12 heteroatoms. The summed E-state index contributed by atoms with van der Waals surface area (Å²) in [5.41, 5.74) is 0. The summed E-state index contributed by atoms with van der Waals surface area (Å²) in [5.74, 6) is -3.51. The Balaban J connectivity index is 2.20. The van der Waals surface area contributed by atoms with E-state index in [0.717, 1.165) is 0 Å². The minimum absolute atomic E-state index is 0.0683. The lowest BCUT2D eigenvalue weighted by Crippen LogP contribution is -2.45. The molecule has 0 spiro atoms. The van der Waals surface area contributed by atoms with Crippen LogP contribution in [0.3, 0.4) is 0 Å². The molecule has 122 valence electrons. The third kappa shape index (κ3) is 2.76. The van der Waals surface area contributed by atoms with Crippen molar-refractivity contribution in [2.75, 3.05) is 0 Å². The first-order chi connectivity index (χ1) is 9.36. The summed E-state index contributed by atoms with van der Waals surface area (Å²) in [7, 11) is -10.1. The van der Waals surface area contributed by atoms with E-state index < -0.39 is 48.9 Å². The third-order valence-corrected chi connectivity index (χ3v) is 6.28. The second-order valence-corrected chi connectivity index (χ2v) is 8.35. The van der Waals surface area contributed by atoms with Crippen molar-refractivity contribution >= 4 is 26.2 Å². The molecule has 2 fully saturated rings. The lowest BCUT2D eigenvalue weighted by Gasteiger charge is -2.28. The Kier molecular flexibility index (Phi) is 3.80. The first-order valence-corrected chi connectivity index (χ1v) is 8.75. The van der Waals surface area contributed by atoms with Crippen LogP contribution in [-0.4, -0.2) is 44.2 Å². The Hall–Kier alpha value is -0.850. The molecule has 0 aromatic heterocycles. The van der Waals surface area contributed by atoms with Crippen molar-refractivity contribution < 1.29 is 43.9 Å². The second-order valence-electron chi connectivity index (χ2n) is 5.10. The van der Waals surface area contributed by atoms with Crippen LogP contribution in [0.2, 0.25) is 0 Å². The van der Waals surface area contributed by atoms with Crippen molar-refractivity contribution in [2.24, 2.45) is 11.8 Å². The Morgan fingerprint density at radius 1 is 1.38 bits per heavy atom. The van der Waals surface area contributed by atoms with Gasteiger partial charge in [-0.3, -0.25) is 4.55 Å². The smallest absolute Gasteiger partial charge is 0.429 e. The Morgan fingerprint density at radius 2 is 1.95 bits per heavy atom. The van der Waals surface area contributed by atoms with Crippen molar-refractivity contribution in [3.63, 3.8) is 0 Å². The van der Waals surface area contributed by atoms with E-state index in [1.165, 1.54) is 0 Å². The Bertz CT molecular complexity index is 655. The number of carbonyl (C=O) groups excluding carboxylic acids is 1. The van der Waals surface area contributed by atoms with Crippen LogP contribution in [0.1, 0.15) is 19.8 Å². The molecule has 1 saturated carbocycles. The number of ether oxygens (including phenoxy) is 1. The fraction of sp³-hybridized carbons (Fsp3) is 0.889. The first-order valence-electron chi connectivity index (χ1n) is 5.84. The normalized spacial score (nSPS) is 35.4. The Morgan fingerprint density at radius 3 is 2.48 bits per heavy atom. The minimum atomic E-state index is -6.02. The van der Waals surface area contributed by atoms with Crippen LogP contribution in [0.25, 0.3) is 0 Å². The fourth-order valence-corrected chi connectivity index (χ4v) is 4.58. The van der Waals surface area contributed by atoms with E-state index in [1.807, 2.05) is 0 Å². The van der Waals surface area contributed by atoms with Gasteiger partial charge in [0.15, 0.2) is 0 Å². The van der Waals surface area contributed by atoms with Crippen molar-refractivity contribution in [2.45, 2.75) is 36.6 Å². The van der Waals surface area contributed by atoms with Gasteiger partial charge in [0, 0.05) is 5.92 Å². The zero-order valence-corrected chi connectivity index (χ0v) is 12.2. The fourth-order valence-electron chi connectivity index (χ4n) is 2.56. The molecule has 4 atom stereocenters. The van der Waals surface area contributed by atoms with E-state index in [-0.39, 0.29) is 18.8 Å². The quantitative estimate of drug-likeness (QED) is 0.432. The molecule has 0 aromatic carbocycles. The largest absolute Gasteiger partial charge is 0.465 e. The van der Waals surface area contributed by atoms with Crippen LogP contribution < -0.4 is 0 Å². The maximum atomic E-state index is 13.1. The number of alkyl halides is 2. The average Bonchev–Trinajstić information content (AvgIpc) is 2.65. The molecule has 0 radical (unpaired) electrons. The molecular weight excluding hydrogens is 338 g/mol. The van der Waals surface area contributed by atoms with E-state index in [4.69, 9.17) is 4.55 Å². The number of esters is 1. The highest BCUT2D eigenvalue weighted by atomic mass is 32.2. The third-order valence-electron chi connectivity index (χ3n) is 3.61. The van der Waals surface area contributed by atoms with Gasteiger partial charge in [0.2, 0.25) is 6.29 Å². The van der Waals surface area contributed by atoms with Crippen LogP contribution in [0.4, 0.5) is 8.78 Å². The van der Waals surface area contributed by atoms with Crippen molar-refractivity contribution in [1.82, 2.24) is 0 Å². The van der Waals surface area contributed by atoms with Gasteiger partial charge in [0.05, 0.1) is 5.25 Å². The highest BCUT2D eigenvalue weighted by Gasteiger charge is 2.58. The molecule has 4 unspecified atom stereocenters. The second kappa shape index (κ2) is 4.83. The van der Waals surface area contributed by atoms with Crippen LogP contribution in [0.5, 0.6) is 0 Å². The van der Waals surface area contributed by atoms with Gasteiger partial charge in [-0.1, -0.05) is 6.92 Å². The predicted molar refractivity (Wildman–Crippen MR) is 62.1 cm³/mol. The van der Waals surface area contributed by atoms with Gasteiger partial charge in [0.1, 0.15) is 0 Å². The molecule has 21 heavy (non-hydrogen) atoms. The minimum Gasteiger partial charge on any atom is -0.429 e. The number of rotatable bonds is 3. The Labute approximate surface area is 119 Å². The highest BCUT2D eigenvalue weighted by Crippen LogP contribution is 2.44. The number of fused-ring (bicyclic) bond motifs is 2. The zero-order valence-electron chi connectivity index (χ0n) is 10.6. The monoisotopic (exact) mass is 350 g/mol. The molecule has 1 heterocycles. The van der Waals surface area contributed by atoms with Gasteiger partial charge in [-0.15, -0.1) is 0 Å². The summed E-state index contributed by atoms with van der Waals surface area (Å²) in [6.07, 6.45) is -1.49. The van der Waals surface area contributed by atoms with Gasteiger partial charge < -0.3 is 4.74 Å². The summed E-state index contributed by atoms with van der Waals surface area (Å²) in [6, 6.07) is 0. The van der Waals surface area contributed by atoms with Gasteiger partial charge >= 0.3 is 21.3 Å². The lowest BCUT2D eigenvalue weighted by atomic mass is 10.1. The molecular formula is C9H12F2O8S2. The molecule has 1 aliphatic heterocycles. The maximum absolute atomic E-state index is 13.1. The average molecular weight is 350 g/mol. The predicted octanol–water partition coefficient (Wildman–Crippen LogP) is 0.111. The molecule has 1 N–H and O–H groups in total. The lowest BCUT2D eigenvalue weighted by molar-refractivity contribution is -0.188. The van der Waals surface area contributed by atoms with Gasteiger partial charge in [-0.05, 0) is 18.8 Å². The van der Waals surface area contributed by atoms with E-state index in [0.29, 0.717) is 0 Å². The molecule has 1 saturated heterocycles. The van der Waals surface area contributed by atoms with Crippen molar-refractivity contribution in [3.8, 4) is 0 Å². The summed E-state index contributed by atoms with van der Waals surface area (Å²) in [4.78, 5) is 11.2. The molecule has 2 rings (SSSR count). The van der Waals surface area contributed by atoms with E-state index in [1.54, 1.807) is 6.92 Å². The van der Waals surface area contributed by atoms with E-state index in [2.05, 4.69) is 8.92 Å². The zero-order chi connectivity index (χ0) is 16.2. The van der Waals surface area contributed by atoms with Crippen molar-refractivity contribution in [3.05, 3.63) is 0 Å². The van der Waals surface area contributed by atoms with Crippen LogP contribution in [0, 0.1) is 11.8 Å². The summed E-state index contributed by atoms with van der Waals surface area (Å²) < 4.78 is 87.4. The number of carbonyl (C=O) groups is 1. The number of halogens is 2. The summed E-state index contributed by atoms with van der Waals surface area (Å²) >= 11 is 0. The summed E-state index contributed by atoms with van der Waals surface area (Å²) in [5, 5.41) is -6.00. The summed E-state index contributed by atoms with van der Waals surface area (Å²) in [6.45, 7) is 1.63. The van der Waals surface area contributed by atoms with Gasteiger partial charge in [0.25, 0.3) is 10.1 Å². The highest BCUT2D eigenvalue weighted by molar-refractivity contribution is 7.87. The van der Waals surface area contributed by atoms with Gasteiger partial charge in [-0.2, -0.15) is 25.6 Å². The molecule has 2 aliphatic rings. The SMILES string of the molecule is CC1CC2CC1S(=O)(=O)OC2OC(=O)C(F)(F)S(=O)(=O)O. The number of hydrogen-bond donors (Lipinski definition) is 1.